The molecule has 1 heterocycles. The van der Waals surface area contributed by atoms with Gasteiger partial charge in [0.25, 0.3) is 0 Å². The fourth-order valence-electron chi connectivity index (χ4n) is 2.03. The first-order valence-corrected chi connectivity index (χ1v) is 9.58. The van der Waals surface area contributed by atoms with Gasteiger partial charge in [0.15, 0.2) is 0 Å². The third-order valence-electron chi connectivity index (χ3n) is 3.14. The zero-order valence-electron chi connectivity index (χ0n) is 14.2. The predicted octanol–water partition coefficient (Wildman–Crippen LogP) is 4.75. The Bertz CT molecular complexity index is 683. The highest BCUT2D eigenvalue weighted by molar-refractivity contribution is 8.02. The maximum atomic E-state index is 12.2. The van der Waals surface area contributed by atoms with Crippen LogP contribution in [-0.2, 0) is 9.47 Å². The van der Waals surface area contributed by atoms with Crippen LogP contribution in [-0.4, -0.2) is 47.9 Å². The first-order valence-electron chi connectivity index (χ1n) is 7.77. The Labute approximate surface area is 165 Å². The maximum Gasteiger partial charge on any atom is 0.439 e. The Balaban J connectivity index is 2.12. The molecule has 142 valence electrons. The number of carbonyl (C=O) groups is 2. The van der Waals surface area contributed by atoms with Crippen LogP contribution in [0.1, 0.15) is 13.8 Å². The molecule has 0 N–H and O–H groups in total. The minimum atomic E-state index is -0.816. The quantitative estimate of drug-likeness (QED) is 0.657. The van der Waals surface area contributed by atoms with Crippen molar-refractivity contribution in [1.82, 2.24) is 10.0 Å². The summed E-state index contributed by atoms with van der Waals surface area (Å²) in [6, 6.07) is 4.87. The average molecular weight is 421 g/mol. The van der Waals surface area contributed by atoms with Crippen molar-refractivity contribution >= 4 is 47.2 Å². The van der Waals surface area contributed by atoms with E-state index < -0.39 is 12.2 Å². The highest BCUT2D eigenvalue weighted by atomic mass is 35.5. The van der Waals surface area contributed by atoms with E-state index in [4.69, 9.17) is 37.4 Å². The van der Waals surface area contributed by atoms with E-state index in [1.165, 1.54) is 16.8 Å². The van der Waals surface area contributed by atoms with Gasteiger partial charge in [-0.1, -0.05) is 23.2 Å². The Kier molecular flexibility index (Phi) is 7.74. The van der Waals surface area contributed by atoms with Gasteiger partial charge in [-0.15, -0.1) is 16.8 Å². The molecule has 1 aromatic carbocycles. The van der Waals surface area contributed by atoms with Crippen LogP contribution < -0.4 is 4.74 Å². The fourth-order valence-corrected chi connectivity index (χ4v) is 3.37. The third-order valence-corrected chi connectivity index (χ3v) is 4.50. The first-order chi connectivity index (χ1) is 12.5. The van der Waals surface area contributed by atoms with Crippen LogP contribution in [0.5, 0.6) is 5.75 Å². The summed E-state index contributed by atoms with van der Waals surface area (Å²) in [5.74, 6) is 0.776. The summed E-state index contributed by atoms with van der Waals surface area (Å²) >= 11 is 13.4. The Morgan fingerprint density at radius 1 is 1.19 bits per heavy atom. The van der Waals surface area contributed by atoms with Gasteiger partial charge in [0, 0.05) is 5.02 Å². The number of nitrogens with zero attached hydrogens (tertiary/aromatic N) is 2. The van der Waals surface area contributed by atoms with E-state index in [2.05, 4.69) is 0 Å². The van der Waals surface area contributed by atoms with Crippen molar-refractivity contribution in [3.8, 4) is 5.75 Å². The Hall–Kier alpha value is -1.77. The van der Waals surface area contributed by atoms with E-state index in [1.807, 2.05) is 0 Å². The second kappa shape index (κ2) is 9.80. The van der Waals surface area contributed by atoms with E-state index in [0.717, 1.165) is 5.01 Å². The van der Waals surface area contributed by atoms with E-state index in [9.17, 15) is 9.59 Å². The zero-order chi connectivity index (χ0) is 19.1. The van der Waals surface area contributed by atoms with Crippen LogP contribution in [0.15, 0.2) is 29.3 Å². The average Bonchev–Trinajstić information content (AvgIpc) is 3.03. The van der Waals surface area contributed by atoms with Gasteiger partial charge in [0.05, 0.1) is 29.8 Å². The fraction of sp³-hybridized carbons (Fsp3) is 0.375. The van der Waals surface area contributed by atoms with Crippen LogP contribution >= 0.6 is 35.0 Å². The molecule has 0 atom stereocenters. The van der Waals surface area contributed by atoms with E-state index >= 15 is 0 Å². The smallest absolute Gasteiger partial charge is 0.439 e. The molecule has 0 spiro atoms. The molecule has 0 saturated heterocycles. The number of amides is 2. The van der Waals surface area contributed by atoms with Crippen molar-refractivity contribution in [3.05, 3.63) is 39.3 Å². The first kappa shape index (κ1) is 20.5. The number of rotatable bonds is 6. The normalized spacial score (nSPS) is 13.2. The second-order valence-corrected chi connectivity index (χ2v) is 6.55. The topological polar surface area (TPSA) is 68.3 Å². The number of benzene rings is 1. The van der Waals surface area contributed by atoms with Gasteiger partial charge >= 0.3 is 12.2 Å². The molecule has 1 aliphatic heterocycles. The molecule has 7 nitrogen and oxygen atoms in total. The van der Waals surface area contributed by atoms with Gasteiger partial charge in [0.2, 0.25) is 0 Å². The number of imide groups is 1. The van der Waals surface area contributed by atoms with E-state index in [-0.39, 0.29) is 19.8 Å². The van der Waals surface area contributed by atoms with E-state index in [0.29, 0.717) is 27.4 Å². The maximum absolute atomic E-state index is 12.2. The lowest BCUT2D eigenvalue weighted by atomic mass is 10.3. The third kappa shape index (κ3) is 5.12. The van der Waals surface area contributed by atoms with Gasteiger partial charge in [-0.25, -0.2) is 9.59 Å². The Morgan fingerprint density at radius 2 is 1.85 bits per heavy atom. The van der Waals surface area contributed by atoms with Crippen LogP contribution in [0.2, 0.25) is 10.0 Å². The van der Waals surface area contributed by atoms with Gasteiger partial charge in [0.1, 0.15) is 12.4 Å². The summed E-state index contributed by atoms with van der Waals surface area (Å²) in [5.41, 5.74) is 0.585. The number of hydrogen-bond acceptors (Lipinski definition) is 7. The summed E-state index contributed by atoms with van der Waals surface area (Å²) in [7, 11) is 0. The summed E-state index contributed by atoms with van der Waals surface area (Å²) in [5, 5.41) is 4.92. The van der Waals surface area contributed by atoms with Crippen LogP contribution in [0.4, 0.5) is 9.59 Å². The molecule has 0 aromatic heterocycles. The highest BCUT2D eigenvalue weighted by Gasteiger charge is 2.34. The van der Waals surface area contributed by atoms with Crippen molar-refractivity contribution in [2.75, 3.05) is 25.7 Å². The number of hydrazine groups is 1. The summed E-state index contributed by atoms with van der Waals surface area (Å²) in [4.78, 5) is 24.4. The zero-order valence-corrected chi connectivity index (χ0v) is 16.6. The van der Waals surface area contributed by atoms with Crippen LogP contribution in [0.3, 0.4) is 0 Å². The molecule has 0 saturated carbocycles. The lowest BCUT2D eigenvalue weighted by Crippen LogP contribution is -2.49. The highest BCUT2D eigenvalue weighted by Crippen LogP contribution is 2.30. The minimum absolute atomic E-state index is 0.0870. The number of hydrogen-bond donors (Lipinski definition) is 0. The molecule has 1 aliphatic rings. The lowest BCUT2D eigenvalue weighted by Gasteiger charge is -2.30. The Morgan fingerprint density at radius 3 is 2.42 bits per heavy atom. The number of carbonyl (C=O) groups excluding carboxylic acids is 2. The summed E-state index contributed by atoms with van der Waals surface area (Å²) in [6.45, 7) is 3.66. The number of halogens is 2. The summed E-state index contributed by atoms with van der Waals surface area (Å²) < 4.78 is 15.6. The van der Waals surface area contributed by atoms with Crippen molar-refractivity contribution < 1.29 is 23.8 Å². The molecule has 26 heavy (non-hydrogen) atoms. The monoisotopic (exact) mass is 420 g/mol. The minimum Gasteiger partial charge on any atom is -0.486 e. The van der Waals surface area contributed by atoms with E-state index in [1.54, 1.807) is 37.5 Å². The SMILES string of the molecule is CCOC(=O)N(C(=O)OCC)N1CSC=C1COc1ccc(Cl)cc1Cl. The molecule has 0 fully saturated rings. The van der Waals surface area contributed by atoms with Crippen LogP contribution in [0.25, 0.3) is 0 Å². The predicted molar refractivity (Wildman–Crippen MR) is 100 cm³/mol. The van der Waals surface area contributed by atoms with Crippen molar-refractivity contribution in [1.29, 1.82) is 0 Å². The molecule has 0 radical (unpaired) electrons. The molecule has 2 rings (SSSR count). The van der Waals surface area contributed by atoms with Crippen molar-refractivity contribution in [2.45, 2.75) is 13.8 Å². The number of thioether (sulfide) groups is 1. The number of ether oxygens (including phenoxy) is 3. The van der Waals surface area contributed by atoms with Gasteiger partial charge in [-0.3, -0.25) is 5.01 Å². The second-order valence-electron chi connectivity index (χ2n) is 4.88. The summed E-state index contributed by atoms with van der Waals surface area (Å²) in [6.07, 6.45) is -1.63. The van der Waals surface area contributed by atoms with Crippen LogP contribution in [0, 0.1) is 0 Å². The standard InChI is InChI=1S/C16H18Cl2N2O5S/c1-3-23-15(21)20(16(22)24-4-2)19-10-26-9-12(19)8-25-14-6-5-11(17)7-13(14)18/h5-7,9H,3-4,8,10H2,1-2H3. The molecule has 0 unspecified atom stereocenters. The molecule has 2 amide bonds. The molecule has 1 aromatic rings. The molecular formula is C16H18Cl2N2O5S. The lowest BCUT2D eigenvalue weighted by molar-refractivity contribution is 0.00664. The van der Waals surface area contributed by atoms with Gasteiger partial charge in [-0.2, -0.15) is 0 Å². The van der Waals surface area contributed by atoms with Crippen molar-refractivity contribution in [3.63, 3.8) is 0 Å². The van der Waals surface area contributed by atoms with Gasteiger partial charge < -0.3 is 14.2 Å². The molecule has 10 heteroatoms. The largest absolute Gasteiger partial charge is 0.486 e. The molecule has 0 bridgehead atoms. The molecular weight excluding hydrogens is 403 g/mol. The van der Waals surface area contributed by atoms with Gasteiger partial charge in [-0.05, 0) is 37.5 Å². The van der Waals surface area contributed by atoms with Crippen molar-refractivity contribution in [2.24, 2.45) is 0 Å². The molecule has 0 aliphatic carbocycles.